The van der Waals surface area contributed by atoms with Crippen LogP contribution in [-0.2, 0) is 0 Å². The Labute approximate surface area is 127 Å². The summed E-state index contributed by atoms with van der Waals surface area (Å²) in [6.45, 7) is 4.46. The van der Waals surface area contributed by atoms with Crippen LogP contribution in [0.5, 0.6) is 0 Å². The van der Waals surface area contributed by atoms with E-state index in [1.165, 1.54) is 39.0 Å². The topological polar surface area (TPSA) is 20.3 Å². The van der Waals surface area contributed by atoms with Crippen molar-refractivity contribution in [3.05, 3.63) is 40.4 Å². The van der Waals surface area contributed by atoms with Gasteiger partial charge in [-0.15, -0.1) is 0 Å². The Morgan fingerprint density at radius 2 is 2.19 bits per heavy atom. The van der Waals surface area contributed by atoms with E-state index in [2.05, 4.69) is 53.8 Å². The first kappa shape index (κ1) is 11.8. The quantitative estimate of drug-likeness (QED) is 0.683. The molecule has 5 rings (SSSR count). The molecule has 21 heavy (non-hydrogen) atoms. The molecule has 0 saturated heterocycles. The first-order chi connectivity index (χ1) is 10.2. The Morgan fingerprint density at radius 1 is 1.33 bits per heavy atom. The molecule has 0 bridgehead atoms. The van der Waals surface area contributed by atoms with Gasteiger partial charge >= 0.3 is 0 Å². The molecule has 0 spiro atoms. The number of nitrogens with zero attached hydrogens (tertiary/aromatic N) is 3. The van der Waals surface area contributed by atoms with Crippen molar-refractivity contribution in [1.82, 2.24) is 4.57 Å². The van der Waals surface area contributed by atoms with Crippen molar-refractivity contribution >= 4 is 40.4 Å². The molecule has 0 fully saturated rings. The summed E-state index contributed by atoms with van der Waals surface area (Å²) >= 11 is 1.84. The van der Waals surface area contributed by atoms with E-state index < -0.39 is 0 Å². The van der Waals surface area contributed by atoms with Crippen LogP contribution in [-0.4, -0.2) is 33.6 Å². The van der Waals surface area contributed by atoms with E-state index >= 15 is 0 Å². The molecular weight excluding hydrogens is 278 g/mol. The maximum Gasteiger partial charge on any atom is 0.281 e. The zero-order valence-corrected chi connectivity index (χ0v) is 13.1. The highest BCUT2D eigenvalue weighted by molar-refractivity contribution is 8.03. The van der Waals surface area contributed by atoms with Gasteiger partial charge in [0.25, 0.3) is 6.34 Å². The Hall–Kier alpha value is -1.81. The summed E-state index contributed by atoms with van der Waals surface area (Å²) in [5, 5.41) is 3.93. The second-order valence-electron chi connectivity index (χ2n) is 6.12. The summed E-state index contributed by atoms with van der Waals surface area (Å²) < 4.78 is 4.60. The van der Waals surface area contributed by atoms with Crippen LogP contribution in [0.4, 0.5) is 0 Å². The smallest absolute Gasteiger partial charge is 0.281 e. The molecule has 2 aromatic rings. The molecule has 4 heteroatoms. The lowest BCUT2D eigenvalue weighted by Gasteiger charge is -2.29. The first-order valence-electron chi connectivity index (χ1n) is 7.27. The van der Waals surface area contributed by atoms with Crippen LogP contribution in [0.25, 0.3) is 16.6 Å². The lowest BCUT2D eigenvalue weighted by Crippen LogP contribution is -2.39. The molecule has 2 atom stereocenters. The Balaban J connectivity index is 2.03. The minimum Gasteiger partial charge on any atom is -0.318 e. The van der Waals surface area contributed by atoms with E-state index in [1.54, 1.807) is 0 Å². The second kappa shape index (κ2) is 3.69. The SMILES string of the molecule is Cc1cc2ccn3c2c(c1C)C1=[N+](C)C=NC2SC=C3C12. The minimum absolute atomic E-state index is 0.303. The molecule has 0 aliphatic carbocycles. The van der Waals surface area contributed by atoms with Gasteiger partial charge in [0.2, 0.25) is 5.37 Å². The number of benzene rings is 1. The molecule has 0 amide bonds. The van der Waals surface area contributed by atoms with Crippen LogP contribution in [0.1, 0.15) is 16.7 Å². The van der Waals surface area contributed by atoms with Crippen LogP contribution in [0.15, 0.2) is 28.7 Å². The highest BCUT2D eigenvalue weighted by atomic mass is 32.2. The second-order valence-corrected chi connectivity index (χ2v) is 7.12. The van der Waals surface area contributed by atoms with E-state index in [-0.39, 0.29) is 0 Å². The predicted octanol–water partition coefficient (Wildman–Crippen LogP) is 3.23. The van der Waals surface area contributed by atoms with E-state index in [0.717, 1.165) is 0 Å². The molecule has 0 radical (unpaired) electrons. The molecule has 104 valence electrons. The highest BCUT2D eigenvalue weighted by Crippen LogP contribution is 2.48. The summed E-state index contributed by atoms with van der Waals surface area (Å²) in [5.41, 5.74) is 8.35. The van der Waals surface area contributed by atoms with Crippen molar-refractivity contribution in [3.63, 3.8) is 0 Å². The van der Waals surface area contributed by atoms with E-state index in [9.17, 15) is 0 Å². The number of rotatable bonds is 0. The monoisotopic (exact) mass is 294 g/mol. The van der Waals surface area contributed by atoms with Gasteiger partial charge in [0.05, 0.1) is 12.6 Å². The molecule has 3 nitrogen and oxygen atoms in total. The number of fused-ring (bicyclic) bond motifs is 2. The zero-order chi connectivity index (χ0) is 14.3. The van der Waals surface area contributed by atoms with Crippen molar-refractivity contribution in [2.75, 3.05) is 7.05 Å². The van der Waals surface area contributed by atoms with E-state index in [0.29, 0.717) is 11.3 Å². The fourth-order valence-electron chi connectivity index (χ4n) is 3.89. The molecule has 1 aromatic heterocycles. The number of aryl methyl sites for hydroxylation is 1. The van der Waals surface area contributed by atoms with Crippen molar-refractivity contribution < 1.29 is 4.58 Å². The number of thioether (sulfide) groups is 1. The summed E-state index contributed by atoms with van der Waals surface area (Å²) in [4.78, 5) is 4.71. The van der Waals surface area contributed by atoms with Gasteiger partial charge < -0.3 is 4.57 Å². The Morgan fingerprint density at radius 3 is 3.05 bits per heavy atom. The van der Waals surface area contributed by atoms with Gasteiger partial charge in [0.1, 0.15) is 11.6 Å². The van der Waals surface area contributed by atoms with E-state index in [1.807, 2.05) is 18.1 Å². The fourth-order valence-corrected chi connectivity index (χ4v) is 4.98. The Bertz CT molecular complexity index is 914. The third-order valence-electron chi connectivity index (χ3n) is 5.02. The van der Waals surface area contributed by atoms with E-state index in [4.69, 9.17) is 4.99 Å². The number of aromatic nitrogens is 1. The summed E-state index contributed by atoms with van der Waals surface area (Å²) in [6, 6.07) is 4.55. The lowest BCUT2D eigenvalue weighted by atomic mass is 9.84. The van der Waals surface area contributed by atoms with Crippen LogP contribution in [0.2, 0.25) is 0 Å². The highest BCUT2D eigenvalue weighted by Gasteiger charge is 2.47. The molecule has 2 unspecified atom stereocenters. The van der Waals surface area contributed by atoms with Gasteiger partial charge in [-0.3, -0.25) is 0 Å². The van der Waals surface area contributed by atoms with Gasteiger partial charge in [-0.2, -0.15) is 0 Å². The van der Waals surface area contributed by atoms with Gasteiger partial charge in [0, 0.05) is 22.8 Å². The molecule has 0 N–H and O–H groups in total. The molecule has 3 aliphatic heterocycles. The lowest BCUT2D eigenvalue weighted by molar-refractivity contribution is -0.364. The summed E-state index contributed by atoms with van der Waals surface area (Å²) in [6.07, 6.45) is 4.21. The molecule has 3 aliphatic rings. The van der Waals surface area contributed by atoms with Crippen LogP contribution >= 0.6 is 11.8 Å². The van der Waals surface area contributed by atoms with Crippen LogP contribution < -0.4 is 0 Å². The van der Waals surface area contributed by atoms with Gasteiger partial charge in [-0.05, 0) is 42.5 Å². The maximum atomic E-state index is 4.71. The van der Waals surface area contributed by atoms with Gasteiger partial charge in [0.15, 0.2) is 0 Å². The first-order valence-corrected chi connectivity index (χ1v) is 8.21. The van der Waals surface area contributed by atoms with Crippen LogP contribution in [0, 0.1) is 19.8 Å². The third kappa shape index (κ3) is 1.27. The normalized spacial score (nSPS) is 25.6. The summed E-state index contributed by atoms with van der Waals surface area (Å²) in [7, 11) is 2.13. The molecule has 1 aromatic carbocycles. The van der Waals surface area contributed by atoms with Crippen molar-refractivity contribution in [2.45, 2.75) is 19.2 Å². The average molecular weight is 294 g/mol. The number of hydrogen-bond acceptors (Lipinski definition) is 2. The zero-order valence-electron chi connectivity index (χ0n) is 12.3. The fraction of sp³-hybridized carbons (Fsp3) is 0.294. The van der Waals surface area contributed by atoms with Crippen molar-refractivity contribution in [2.24, 2.45) is 10.9 Å². The van der Waals surface area contributed by atoms with Crippen molar-refractivity contribution in [3.8, 4) is 0 Å². The van der Waals surface area contributed by atoms with Gasteiger partial charge in [-0.1, -0.05) is 16.8 Å². The molecular formula is C17H16N3S+. The third-order valence-corrected chi connectivity index (χ3v) is 6.07. The van der Waals surface area contributed by atoms with Crippen LogP contribution in [0.3, 0.4) is 0 Å². The average Bonchev–Trinajstić information content (AvgIpc) is 3.06. The number of hydrogen-bond donors (Lipinski definition) is 0. The molecule has 4 heterocycles. The summed E-state index contributed by atoms with van der Waals surface area (Å²) in [5.74, 6) is 0.383. The van der Waals surface area contributed by atoms with Crippen molar-refractivity contribution in [1.29, 1.82) is 0 Å². The predicted molar refractivity (Wildman–Crippen MR) is 89.3 cm³/mol. The standard InChI is InChI=1S/C17H16N3S/c1-9-6-11-4-5-20-12-7-21-17-14(12)16(19(3)8-18-17)13(10(9)2)15(11)20/h4-8,14,17H,1-3H3/q+1. The largest absolute Gasteiger partial charge is 0.318 e. The molecule has 0 saturated carbocycles. The Kier molecular flexibility index (Phi) is 2.07. The van der Waals surface area contributed by atoms with Gasteiger partial charge in [-0.25, -0.2) is 4.58 Å². The number of aliphatic imine (C=N–C) groups is 1. The maximum absolute atomic E-state index is 4.71. The minimum atomic E-state index is 0.303.